The van der Waals surface area contributed by atoms with Crippen LogP contribution < -0.4 is 0 Å². The number of rotatable bonds is 3. The monoisotopic (exact) mass is 342 g/mol. The molecule has 0 radical (unpaired) electrons. The van der Waals surface area contributed by atoms with Gasteiger partial charge in [0.25, 0.3) is 0 Å². The van der Waals surface area contributed by atoms with E-state index < -0.39 is 21.9 Å². The number of nitriles is 1. The maximum atomic E-state index is 12.7. The standard InChI is InChI=1S/C14H15ClN2O4S/c1-9-4-11(14(18)19)8-17(7-9)22(20,21)13-3-2-12(15)5-10(13)6-16/h2-3,5,9,11H,4,7-8H2,1H3,(H,18,19). The molecule has 8 heteroatoms. The number of hydrogen-bond donors (Lipinski definition) is 1. The van der Waals surface area contributed by atoms with E-state index in [1.807, 2.05) is 13.0 Å². The van der Waals surface area contributed by atoms with Gasteiger partial charge in [0.15, 0.2) is 0 Å². The Morgan fingerprint density at radius 2 is 2.14 bits per heavy atom. The second-order valence-electron chi connectivity index (χ2n) is 5.45. The number of hydrogen-bond acceptors (Lipinski definition) is 4. The first-order valence-electron chi connectivity index (χ1n) is 6.68. The van der Waals surface area contributed by atoms with Crippen molar-refractivity contribution in [1.29, 1.82) is 5.26 Å². The molecule has 1 fully saturated rings. The number of piperidine rings is 1. The SMILES string of the molecule is CC1CC(C(=O)O)CN(S(=O)(=O)c2ccc(Cl)cc2C#N)C1. The van der Waals surface area contributed by atoms with Crippen molar-refractivity contribution in [3.8, 4) is 6.07 Å². The van der Waals surface area contributed by atoms with Gasteiger partial charge < -0.3 is 5.11 Å². The van der Waals surface area contributed by atoms with Crippen LogP contribution in [-0.2, 0) is 14.8 Å². The Balaban J connectivity index is 2.42. The Morgan fingerprint density at radius 3 is 2.73 bits per heavy atom. The average Bonchev–Trinajstić information content (AvgIpc) is 2.46. The number of carbonyl (C=O) groups is 1. The number of sulfonamides is 1. The number of halogens is 1. The van der Waals surface area contributed by atoms with Gasteiger partial charge in [0.05, 0.1) is 11.5 Å². The highest BCUT2D eigenvalue weighted by Crippen LogP contribution is 2.29. The molecule has 2 atom stereocenters. The summed E-state index contributed by atoms with van der Waals surface area (Å²) >= 11 is 5.78. The van der Waals surface area contributed by atoms with Crippen LogP contribution in [0.25, 0.3) is 0 Å². The first kappa shape index (κ1) is 16.7. The molecule has 0 spiro atoms. The molecular weight excluding hydrogens is 328 g/mol. The zero-order valence-electron chi connectivity index (χ0n) is 11.9. The van der Waals surface area contributed by atoms with Gasteiger partial charge in [-0.2, -0.15) is 9.57 Å². The minimum atomic E-state index is -3.93. The Morgan fingerprint density at radius 1 is 1.45 bits per heavy atom. The highest BCUT2D eigenvalue weighted by molar-refractivity contribution is 7.89. The third kappa shape index (κ3) is 3.24. The molecule has 2 rings (SSSR count). The maximum Gasteiger partial charge on any atom is 0.307 e. The fourth-order valence-electron chi connectivity index (χ4n) is 2.63. The van der Waals surface area contributed by atoms with Gasteiger partial charge in [-0.25, -0.2) is 8.42 Å². The summed E-state index contributed by atoms with van der Waals surface area (Å²) < 4.78 is 26.6. The van der Waals surface area contributed by atoms with E-state index >= 15 is 0 Å². The first-order chi connectivity index (χ1) is 10.3. The van der Waals surface area contributed by atoms with Crippen molar-refractivity contribution in [3.05, 3.63) is 28.8 Å². The number of benzene rings is 1. The topological polar surface area (TPSA) is 98.5 Å². The lowest BCUT2D eigenvalue weighted by Crippen LogP contribution is -2.45. The van der Waals surface area contributed by atoms with E-state index in [-0.39, 0.29) is 34.5 Å². The normalized spacial score (nSPS) is 23.0. The molecule has 0 saturated carbocycles. The molecule has 118 valence electrons. The Hall–Kier alpha value is -1.62. The summed E-state index contributed by atoms with van der Waals surface area (Å²) in [6, 6.07) is 5.79. The summed E-state index contributed by atoms with van der Waals surface area (Å²) in [5.74, 6) is -1.82. The van der Waals surface area contributed by atoms with Crippen LogP contribution in [0.15, 0.2) is 23.1 Å². The van der Waals surface area contributed by atoms with Gasteiger partial charge in [-0.05, 0) is 30.5 Å². The Kier molecular flexibility index (Phi) is 4.75. The van der Waals surface area contributed by atoms with E-state index in [2.05, 4.69) is 0 Å². The summed E-state index contributed by atoms with van der Waals surface area (Å²) in [5, 5.41) is 18.5. The summed E-state index contributed by atoms with van der Waals surface area (Å²) in [4.78, 5) is 11.0. The van der Waals surface area contributed by atoms with Crippen LogP contribution in [0.3, 0.4) is 0 Å². The summed E-state index contributed by atoms with van der Waals surface area (Å²) in [6.07, 6.45) is 0.438. The van der Waals surface area contributed by atoms with E-state index in [1.54, 1.807) is 0 Å². The lowest BCUT2D eigenvalue weighted by molar-refractivity contribution is -0.143. The van der Waals surface area contributed by atoms with Gasteiger partial charge in [-0.3, -0.25) is 4.79 Å². The molecule has 1 aliphatic rings. The third-order valence-corrected chi connectivity index (χ3v) is 5.78. The van der Waals surface area contributed by atoms with Crippen LogP contribution in [0.5, 0.6) is 0 Å². The number of aliphatic carboxylic acids is 1. The molecule has 1 heterocycles. The second-order valence-corrected chi connectivity index (χ2v) is 7.79. The molecule has 1 N–H and O–H groups in total. The van der Waals surface area contributed by atoms with E-state index in [1.165, 1.54) is 18.2 Å². The predicted molar refractivity (Wildman–Crippen MR) is 79.8 cm³/mol. The van der Waals surface area contributed by atoms with Crippen molar-refractivity contribution in [2.24, 2.45) is 11.8 Å². The van der Waals surface area contributed by atoms with Crippen LogP contribution in [-0.4, -0.2) is 36.9 Å². The van der Waals surface area contributed by atoms with E-state index in [4.69, 9.17) is 22.0 Å². The molecule has 1 aliphatic heterocycles. The summed E-state index contributed by atoms with van der Waals surface area (Å²) in [5.41, 5.74) is -0.0439. The van der Waals surface area contributed by atoms with Gasteiger partial charge in [0.2, 0.25) is 10.0 Å². The average molecular weight is 343 g/mol. The summed E-state index contributed by atoms with van der Waals surface area (Å²) in [7, 11) is -3.93. The van der Waals surface area contributed by atoms with Crippen LogP contribution >= 0.6 is 11.6 Å². The minimum absolute atomic E-state index is 0.0439. The molecular formula is C14H15ClN2O4S. The lowest BCUT2D eigenvalue weighted by Gasteiger charge is -2.33. The molecule has 22 heavy (non-hydrogen) atoms. The van der Waals surface area contributed by atoms with Crippen molar-refractivity contribution in [3.63, 3.8) is 0 Å². The quantitative estimate of drug-likeness (QED) is 0.905. The van der Waals surface area contributed by atoms with Crippen molar-refractivity contribution in [2.45, 2.75) is 18.2 Å². The number of carboxylic acid groups (broad SMARTS) is 1. The molecule has 1 saturated heterocycles. The number of carboxylic acids is 1. The van der Waals surface area contributed by atoms with Crippen molar-refractivity contribution >= 4 is 27.6 Å². The largest absolute Gasteiger partial charge is 0.481 e. The Bertz CT molecular complexity index is 742. The maximum absolute atomic E-state index is 12.7. The molecule has 1 aromatic carbocycles. The van der Waals surface area contributed by atoms with Crippen molar-refractivity contribution in [2.75, 3.05) is 13.1 Å². The van der Waals surface area contributed by atoms with E-state index in [0.29, 0.717) is 6.42 Å². The fraction of sp³-hybridized carbons (Fsp3) is 0.429. The van der Waals surface area contributed by atoms with Gasteiger partial charge in [0.1, 0.15) is 11.0 Å². The van der Waals surface area contributed by atoms with Gasteiger partial charge in [-0.15, -0.1) is 0 Å². The van der Waals surface area contributed by atoms with E-state index in [9.17, 15) is 13.2 Å². The molecule has 0 aromatic heterocycles. The number of nitrogens with zero attached hydrogens (tertiary/aromatic N) is 2. The molecule has 0 aliphatic carbocycles. The lowest BCUT2D eigenvalue weighted by atomic mass is 9.92. The zero-order valence-corrected chi connectivity index (χ0v) is 13.4. The second kappa shape index (κ2) is 6.24. The van der Waals surface area contributed by atoms with Crippen molar-refractivity contribution < 1.29 is 18.3 Å². The van der Waals surface area contributed by atoms with Crippen LogP contribution in [0.4, 0.5) is 0 Å². The van der Waals surface area contributed by atoms with Crippen LogP contribution in [0.1, 0.15) is 18.9 Å². The Labute approximate surface area is 134 Å². The predicted octanol–water partition coefficient (Wildman–Crippen LogP) is 1.94. The summed E-state index contributed by atoms with van der Waals surface area (Å²) in [6.45, 7) is 1.96. The van der Waals surface area contributed by atoms with Crippen LogP contribution in [0, 0.1) is 23.2 Å². The van der Waals surface area contributed by atoms with Crippen molar-refractivity contribution in [1.82, 2.24) is 4.31 Å². The van der Waals surface area contributed by atoms with Gasteiger partial charge >= 0.3 is 5.97 Å². The zero-order chi connectivity index (χ0) is 16.5. The fourth-order valence-corrected chi connectivity index (χ4v) is 4.53. The molecule has 2 unspecified atom stereocenters. The molecule has 0 amide bonds. The van der Waals surface area contributed by atoms with Crippen LogP contribution in [0.2, 0.25) is 5.02 Å². The highest BCUT2D eigenvalue weighted by Gasteiger charge is 2.37. The molecule has 0 bridgehead atoms. The van der Waals surface area contributed by atoms with Gasteiger partial charge in [0, 0.05) is 18.1 Å². The highest BCUT2D eigenvalue weighted by atomic mass is 35.5. The van der Waals surface area contributed by atoms with E-state index in [0.717, 1.165) is 4.31 Å². The van der Waals surface area contributed by atoms with Gasteiger partial charge in [-0.1, -0.05) is 18.5 Å². The molecule has 1 aromatic rings. The minimum Gasteiger partial charge on any atom is -0.481 e. The first-order valence-corrected chi connectivity index (χ1v) is 8.50. The smallest absolute Gasteiger partial charge is 0.307 e. The third-order valence-electron chi connectivity index (χ3n) is 3.66. The molecule has 6 nitrogen and oxygen atoms in total.